The molecule has 0 aromatic carbocycles. The summed E-state index contributed by atoms with van der Waals surface area (Å²) in [5, 5.41) is 1.07. The largest absolute Gasteiger partial charge is 0.348 e. The van der Waals surface area contributed by atoms with Crippen molar-refractivity contribution in [1.29, 1.82) is 0 Å². The Hall–Kier alpha value is 0.400. The van der Waals surface area contributed by atoms with E-state index in [-0.39, 0.29) is 5.79 Å². The fourth-order valence-electron chi connectivity index (χ4n) is 2.28. The van der Waals surface area contributed by atoms with E-state index in [0.717, 1.165) is 43.2 Å². The maximum Gasteiger partial charge on any atom is 0.169 e. The molecule has 2 nitrogen and oxygen atoms in total. The number of rotatable bonds is 1. The summed E-state index contributed by atoms with van der Waals surface area (Å²) >= 11 is 3.54. The average Bonchev–Trinajstić information content (AvgIpc) is 2.60. The van der Waals surface area contributed by atoms with Gasteiger partial charge in [-0.25, -0.2) is 0 Å². The summed E-state index contributed by atoms with van der Waals surface area (Å²) < 4.78 is 11.3. The smallest absolute Gasteiger partial charge is 0.169 e. The van der Waals surface area contributed by atoms with Crippen LogP contribution in [-0.4, -0.2) is 24.3 Å². The SMILES string of the molecule is CC1CC2(CC1CBr)OCCO2. The topological polar surface area (TPSA) is 18.5 Å². The van der Waals surface area contributed by atoms with Gasteiger partial charge in [0.1, 0.15) is 0 Å². The summed E-state index contributed by atoms with van der Waals surface area (Å²) in [6.07, 6.45) is 2.14. The summed E-state index contributed by atoms with van der Waals surface area (Å²) in [7, 11) is 0. The Morgan fingerprint density at radius 2 is 2.00 bits per heavy atom. The van der Waals surface area contributed by atoms with Crippen molar-refractivity contribution in [3.63, 3.8) is 0 Å². The van der Waals surface area contributed by atoms with Crippen LogP contribution in [0.15, 0.2) is 0 Å². The average molecular weight is 235 g/mol. The zero-order chi connectivity index (χ0) is 8.60. The molecule has 1 aliphatic heterocycles. The Labute approximate surface area is 81.7 Å². The van der Waals surface area contributed by atoms with Gasteiger partial charge < -0.3 is 9.47 Å². The van der Waals surface area contributed by atoms with E-state index in [4.69, 9.17) is 9.47 Å². The van der Waals surface area contributed by atoms with Crippen LogP contribution in [-0.2, 0) is 9.47 Å². The van der Waals surface area contributed by atoms with Crippen LogP contribution in [0.25, 0.3) is 0 Å². The number of hydrogen-bond donors (Lipinski definition) is 0. The predicted octanol–water partition coefficient (Wildman–Crippen LogP) is 2.17. The Kier molecular flexibility index (Phi) is 2.45. The van der Waals surface area contributed by atoms with Crippen LogP contribution in [0.5, 0.6) is 0 Å². The molecule has 12 heavy (non-hydrogen) atoms. The highest BCUT2D eigenvalue weighted by molar-refractivity contribution is 9.09. The molecule has 2 unspecified atom stereocenters. The third-order valence-electron chi connectivity index (χ3n) is 3.02. The lowest BCUT2D eigenvalue weighted by atomic mass is 10.0. The summed E-state index contributed by atoms with van der Waals surface area (Å²) in [5.41, 5.74) is 0. The highest BCUT2D eigenvalue weighted by atomic mass is 79.9. The first kappa shape index (κ1) is 8.97. The van der Waals surface area contributed by atoms with Crippen LogP contribution < -0.4 is 0 Å². The maximum atomic E-state index is 5.66. The first-order valence-corrected chi connectivity index (χ1v) is 5.72. The fraction of sp³-hybridized carbons (Fsp3) is 1.00. The molecule has 0 aromatic rings. The molecule has 0 bridgehead atoms. The van der Waals surface area contributed by atoms with Crippen molar-refractivity contribution < 1.29 is 9.47 Å². The summed E-state index contributed by atoms with van der Waals surface area (Å²) in [5.74, 6) is 1.25. The van der Waals surface area contributed by atoms with E-state index in [1.165, 1.54) is 0 Å². The van der Waals surface area contributed by atoms with Gasteiger partial charge in [0, 0.05) is 18.2 Å². The van der Waals surface area contributed by atoms with Gasteiger partial charge in [-0.2, -0.15) is 0 Å². The second kappa shape index (κ2) is 3.28. The lowest BCUT2D eigenvalue weighted by molar-refractivity contribution is -0.153. The Balaban J connectivity index is 2.03. The molecule has 1 aliphatic carbocycles. The quantitative estimate of drug-likeness (QED) is 0.648. The van der Waals surface area contributed by atoms with Crippen molar-refractivity contribution in [3.05, 3.63) is 0 Å². The summed E-state index contributed by atoms with van der Waals surface area (Å²) in [6, 6.07) is 0. The number of ether oxygens (including phenoxy) is 2. The van der Waals surface area contributed by atoms with Crippen LogP contribution >= 0.6 is 15.9 Å². The van der Waals surface area contributed by atoms with Crippen LogP contribution in [0.4, 0.5) is 0 Å². The van der Waals surface area contributed by atoms with E-state index in [1.54, 1.807) is 0 Å². The van der Waals surface area contributed by atoms with Gasteiger partial charge in [0.2, 0.25) is 0 Å². The number of hydrogen-bond acceptors (Lipinski definition) is 2. The standard InChI is InChI=1S/C9H15BrO2/c1-7-4-9(5-8(7)6-10)11-2-3-12-9/h7-8H,2-6H2,1H3. The first-order chi connectivity index (χ1) is 5.76. The zero-order valence-corrected chi connectivity index (χ0v) is 8.97. The van der Waals surface area contributed by atoms with Crippen LogP contribution in [0, 0.1) is 11.8 Å². The van der Waals surface area contributed by atoms with Crippen LogP contribution in [0.2, 0.25) is 0 Å². The Bertz CT molecular complexity index is 166. The molecule has 1 spiro atoms. The van der Waals surface area contributed by atoms with Gasteiger partial charge >= 0.3 is 0 Å². The van der Waals surface area contributed by atoms with E-state index < -0.39 is 0 Å². The van der Waals surface area contributed by atoms with Crippen molar-refractivity contribution in [1.82, 2.24) is 0 Å². The van der Waals surface area contributed by atoms with Gasteiger partial charge in [-0.1, -0.05) is 22.9 Å². The Morgan fingerprint density at radius 1 is 1.33 bits per heavy atom. The highest BCUT2D eigenvalue weighted by Crippen LogP contribution is 2.44. The van der Waals surface area contributed by atoms with E-state index in [1.807, 2.05) is 0 Å². The monoisotopic (exact) mass is 234 g/mol. The van der Waals surface area contributed by atoms with E-state index in [2.05, 4.69) is 22.9 Å². The molecule has 1 heterocycles. The van der Waals surface area contributed by atoms with Gasteiger partial charge in [0.25, 0.3) is 0 Å². The van der Waals surface area contributed by atoms with Crippen molar-refractivity contribution in [3.8, 4) is 0 Å². The molecule has 2 fully saturated rings. The lowest BCUT2D eigenvalue weighted by Crippen LogP contribution is -2.26. The van der Waals surface area contributed by atoms with Gasteiger partial charge in [-0.05, 0) is 11.8 Å². The fourth-order valence-corrected chi connectivity index (χ4v) is 3.15. The maximum absolute atomic E-state index is 5.66. The Morgan fingerprint density at radius 3 is 2.50 bits per heavy atom. The van der Waals surface area contributed by atoms with Gasteiger partial charge in [0.05, 0.1) is 13.2 Å². The first-order valence-electron chi connectivity index (χ1n) is 4.60. The predicted molar refractivity (Wildman–Crippen MR) is 50.3 cm³/mol. The molecule has 2 rings (SSSR count). The number of halogens is 1. The summed E-state index contributed by atoms with van der Waals surface area (Å²) in [4.78, 5) is 0. The molecule has 1 saturated carbocycles. The molecule has 0 amide bonds. The minimum Gasteiger partial charge on any atom is -0.348 e. The second-order valence-electron chi connectivity index (χ2n) is 3.91. The minimum atomic E-state index is -0.197. The van der Waals surface area contributed by atoms with Crippen LogP contribution in [0.1, 0.15) is 19.8 Å². The molecular formula is C9H15BrO2. The second-order valence-corrected chi connectivity index (χ2v) is 4.56. The molecule has 1 saturated heterocycles. The van der Waals surface area contributed by atoms with E-state index in [9.17, 15) is 0 Å². The van der Waals surface area contributed by atoms with Gasteiger partial charge in [-0.3, -0.25) is 0 Å². The third-order valence-corrected chi connectivity index (χ3v) is 3.85. The molecule has 3 heteroatoms. The highest BCUT2D eigenvalue weighted by Gasteiger charge is 2.47. The van der Waals surface area contributed by atoms with Crippen LogP contribution in [0.3, 0.4) is 0 Å². The zero-order valence-electron chi connectivity index (χ0n) is 7.38. The van der Waals surface area contributed by atoms with Crippen molar-refractivity contribution in [2.45, 2.75) is 25.6 Å². The third kappa shape index (κ3) is 1.42. The molecular weight excluding hydrogens is 220 g/mol. The van der Waals surface area contributed by atoms with Crippen molar-refractivity contribution in [2.75, 3.05) is 18.5 Å². The van der Waals surface area contributed by atoms with Crippen molar-refractivity contribution in [2.24, 2.45) is 11.8 Å². The van der Waals surface area contributed by atoms with Gasteiger partial charge in [0.15, 0.2) is 5.79 Å². The molecule has 2 atom stereocenters. The minimum absolute atomic E-state index is 0.197. The molecule has 0 N–H and O–H groups in total. The normalized spacial score (nSPS) is 39.5. The molecule has 0 radical (unpaired) electrons. The van der Waals surface area contributed by atoms with E-state index >= 15 is 0 Å². The summed E-state index contributed by atoms with van der Waals surface area (Å²) in [6.45, 7) is 3.84. The molecule has 0 aromatic heterocycles. The number of alkyl halides is 1. The van der Waals surface area contributed by atoms with Crippen molar-refractivity contribution >= 4 is 15.9 Å². The van der Waals surface area contributed by atoms with Gasteiger partial charge in [-0.15, -0.1) is 0 Å². The van der Waals surface area contributed by atoms with E-state index in [0.29, 0.717) is 0 Å². The molecule has 2 aliphatic rings. The molecule has 70 valence electrons. The lowest BCUT2D eigenvalue weighted by Gasteiger charge is -2.21.